The van der Waals surface area contributed by atoms with Crippen LogP contribution in [-0.4, -0.2) is 16.9 Å². The Morgan fingerprint density at radius 2 is 1.61 bits per heavy atom. The molecule has 0 aromatic heterocycles. The maximum absolute atomic E-state index is 12.8. The van der Waals surface area contributed by atoms with Crippen LogP contribution >= 0.6 is 0 Å². The summed E-state index contributed by atoms with van der Waals surface area (Å²) in [5, 5.41) is 10.0. The number of aliphatic carboxylic acids is 1. The van der Waals surface area contributed by atoms with E-state index in [2.05, 4.69) is 53.7 Å². The zero-order chi connectivity index (χ0) is 24.2. The molecule has 5 aliphatic carbocycles. The van der Waals surface area contributed by atoms with E-state index >= 15 is 0 Å². The smallest absolute Gasteiger partial charge is 0.309 e. The minimum absolute atomic E-state index is 0.0261. The van der Waals surface area contributed by atoms with Gasteiger partial charge in [0.2, 0.25) is 0 Å². The van der Waals surface area contributed by atoms with E-state index in [0.29, 0.717) is 17.8 Å². The highest BCUT2D eigenvalue weighted by atomic mass is 16.4. The number of rotatable bonds is 1. The number of fused-ring (bicyclic) bond motifs is 7. The van der Waals surface area contributed by atoms with Gasteiger partial charge in [-0.25, -0.2) is 0 Å². The van der Waals surface area contributed by atoms with Crippen molar-refractivity contribution in [3.8, 4) is 0 Å². The van der Waals surface area contributed by atoms with Gasteiger partial charge in [0, 0.05) is 5.41 Å². The SMILES string of the molecule is CC1(C(=O)O)CCC2(C)CCC3(C)C(=CCC4C5(C)C=CC(=O)C(C)(C)C5CCC43C)C2C1. The number of carboxylic acid groups (broad SMARTS) is 1. The molecule has 0 aliphatic heterocycles. The van der Waals surface area contributed by atoms with E-state index in [-0.39, 0.29) is 32.9 Å². The van der Waals surface area contributed by atoms with Crippen LogP contribution < -0.4 is 0 Å². The number of ketones is 1. The van der Waals surface area contributed by atoms with E-state index in [1.54, 1.807) is 5.57 Å². The van der Waals surface area contributed by atoms with Gasteiger partial charge in [-0.1, -0.05) is 59.3 Å². The third-order valence-electron chi connectivity index (χ3n) is 12.6. The monoisotopic (exact) mass is 452 g/mol. The lowest BCUT2D eigenvalue weighted by Crippen LogP contribution is -2.63. The Morgan fingerprint density at radius 3 is 2.27 bits per heavy atom. The van der Waals surface area contributed by atoms with Gasteiger partial charge in [0.25, 0.3) is 0 Å². The highest BCUT2D eigenvalue weighted by molar-refractivity contribution is 5.95. The van der Waals surface area contributed by atoms with E-state index in [1.807, 2.05) is 13.0 Å². The second-order valence-corrected chi connectivity index (χ2v) is 14.4. The summed E-state index contributed by atoms with van der Waals surface area (Å²) in [6, 6.07) is 0. The summed E-state index contributed by atoms with van der Waals surface area (Å²) in [4.78, 5) is 25.0. The highest BCUT2D eigenvalue weighted by Gasteiger charge is 2.67. The van der Waals surface area contributed by atoms with Crippen molar-refractivity contribution >= 4 is 11.8 Å². The van der Waals surface area contributed by atoms with Crippen molar-refractivity contribution in [1.82, 2.24) is 0 Å². The predicted octanol–water partition coefficient (Wildman–Crippen LogP) is 7.22. The fourth-order valence-electron chi connectivity index (χ4n) is 9.85. The van der Waals surface area contributed by atoms with Gasteiger partial charge < -0.3 is 5.11 Å². The van der Waals surface area contributed by atoms with Crippen LogP contribution in [0.4, 0.5) is 0 Å². The third kappa shape index (κ3) is 2.74. The van der Waals surface area contributed by atoms with E-state index in [4.69, 9.17) is 0 Å². The fourth-order valence-corrected chi connectivity index (χ4v) is 9.85. The van der Waals surface area contributed by atoms with E-state index in [1.165, 1.54) is 12.8 Å². The van der Waals surface area contributed by atoms with Crippen LogP contribution in [-0.2, 0) is 9.59 Å². The molecule has 0 aromatic carbocycles. The molecule has 8 unspecified atom stereocenters. The predicted molar refractivity (Wildman–Crippen MR) is 132 cm³/mol. The number of carbonyl (C=O) groups is 2. The van der Waals surface area contributed by atoms with Crippen molar-refractivity contribution in [3.63, 3.8) is 0 Å². The number of hydrogen-bond donors (Lipinski definition) is 1. The Bertz CT molecular complexity index is 973. The molecule has 0 bridgehead atoms. The number of carboxylic acids is 1. The molecule has 5 rings (SSSR count). The van der Waals surface area contributed by atoms with Gasteiger partial charge in [0.15, 0.2) is 5.78 Å². The molecule has 33 heavy (non-hydrogen) atoms. The molecule has 1 N–H and O–H groups in total. The average Bonchev–Trinajstić information content (AvgIpc) is 2.73. The molecule has 0 heterocycles. The molecule has 3 fully saturated rings. The quantitative estimate of drug-likeness (QED) is 0.427. The summed E-state index contributed by atoms with van der Waals surface area (Å²) in [5.41, 5.74) is 1.20. The molecule has 3 nitrogen and oxygen atoms in total. The summed E-state index contributed by atoms with van der Waals surface area (Å²) in [5.74, 6) is 0.937. The van der Waals surface area contributed by atoms with Crippen LogP contribution in [0.5, 0.6) is 0 Å². The summed E-state index contributed by atoms with van der Waals surface area (Å²) >= 11 is 0. The zero-order valence-corrected chi connectivity index (χ0v) is 21.9. The largest absolute Gasteiger partial charge is 0.481 e. The molecular formula is C30H44O3. The first-order valence-electron chi connectivity index (χ1n) is 13.3. The Hall–Kier alpha value is -1.38. The van der Waals surface area contributed by atoms with Gasteiger partial charge in [-0.3, -0.25) is 9.59 Å². The average molecular weight is 453 g/mol. The van der Waals surface area contributed by atoms with Gasteiger partial charge in [-0.15, -0.1) is 0 Å². The fraction of sp³-hybridized carbons (Fsp3) is 0.800. The minimum atomic E-state index is -0.621. The lowest BCUT2D eigenvalue weighted by Gasteiger charge is -2.70. The third-order valence-corrected chi connectivity index (χ3v) is 12.6. The number of allylic oxidation sites excluding steroid dienone is 4. The molecule has 0 radical (unpaired) electrons. The molecule has 5 aliphatic rings. The van der Waals surface area contributed by atoms with Gasteiger partial charge in [-0.05, 0) is 104 Å². The van der Waals surface area contributed by atoms with Crippen LogP contribution in [0.1, 0.15) is 99.8 Å². The second kappa shape index (κ2) is 6.64. The lowest BCUT2D eigenvalue weighted by molar-refractivity contribution is -0.165. The molecule has 8 atom stereocenters. The number of hydrogen-bond acceptors (Lipinski definition) is 2. The molecule has 0 aromatic rings. The first-order chi connectivity index (χ1) is 15.1. The maximum Gasteiger partial charge on any atom is 0.309 e. The topological polar surface area (TPSA) is 54.4 Å². The molecule has 0 spiro atoms. The van der Waals surface area contributed by atoms with Crippen LogP contribution in [0.15, 0.2) is 23.8 Å². The number of carbonyl (C=O) groups excluding carboxylic acids is 1. The Kier molecular flexibility index (Phi) is 4.70. The minimum Gasteiger partial charge on any atom is -0.481 e. The zero-order valence-electron chi connectivity index (χ0n) is 21.9. The van der Waals surface area contributed by atoms with Crippen molar-refractivity contribution in [2.45, 2.75) is 99.8 Å². The first-order valence-corrected chi connectivity index (χ1v) is 13.3. The molecule has 182 valence electrons. The standard InChI is InChI=1S/C30H44O3/c1-25(2)21-10-13-30(7)22(28(21,5)12-11-23(25)31)9-8-19-20-18-27(4,24(32)33)15-14-26(20,3)16-17-29(19,30)6/h8,11-12,20-22H,9-10,13-18H2,1-7H3,(H,32,33). The molecule has 3 heteroatoms. The van der Waals surface area contributed by atoms with Crippen LogP contribution in [0.25, 0.3) is 0 Å². The van der Waals surface area contributed by atoms with Gasteiger partial charge in [0.05, 0.1) is 5.41 Å². The molecule has 0 saturated heterocycles. The molecule has 0 amide bonds. The normalized spacial score (nSPS) is 52.6. The van der Waals surface area contributed by atoms with E-state index in [9.17, 15) is 14.7 Å². The Morgan fingerprint density at radius 1 is 0.939 bits per heavy atom. The van der Waals surface area contributed by atoms with Crippen molar-refractivity contribution in [2.75, 3.05) is 0 Å². The Balaban J connectivity index is 1.60. The van der Waals surface area contributed by atoms with Gasteiger partial charge in [0.1, 0.15) is 0 Å². The van der Waals surface area contributed by atoms with Crippen LogP contribution in [0, 0.1) is 50.2 Å². The van der Waals surface area contributed by atoms with E-state index < -0.39 is 11.4 Å². The molecular weight excluding hydrogens is 408 g/mol. The molecule has 3 saturated carbocycles. The Labute approximate surface area is 200 Å². The van der Waals surface area contributed by atoms with E-state index in [0.717, 1.165) is 38.5 Å². The van der Waals surface area contributed by atoms with Crippen molar-refractivity contribution < 1.29 is 14.7 Å². The maximum atomic E-state index is 12.8. The summed E-state index contributed by atoms with van der Waals surface area (Å²) < 4.78 is 0. The lowest BCUT2D eigenvalue weighted by atomic mass is 9.34. The van der Waals surface area contributed by atoms with Crippen LogP contribution in [0.2, 0.25) is 0 Å². The summed E-state index contributed by atoms with van der Waals surface area (Å²) in [6.45, 7) is 16.2. The second-order valence-electron chi connectivity index (χ2n) is 14.4. The first kappa shape index (κ1) is 23.4. The van der Waals surface area contributed by atoms with Crippen LogP contribution in [0.3, 0.4) is 0 Å². The summed E-state index contributed by atoms with van der Waals surface area (Å²) in [7, 11) is 0. The van der Waals surface area contributed by atoms with Gasteiger partial charge >= 0.3 is 5.97 Å². The highest BCUT2D eigenvalue weighted by Crippen LogP contribution is 2.74. The van der Waals surface area contributed by atoms with Crippen molar-refractivity contribution in [2.24, 2.45) is 50.2 Å². The summed E-state index contributed by atoms with van der Waals surface area (Å²) in [6.07, 6.45) is 15.1. The van der Waals surface area contributed by atoms with Crippen molar-refractivity contribution in [3.05, 3.63) is 23.8 Å². The van der Waals surface area contributed by atoms with Gasteiger partial charge in [-0.2, -0.15) is 0 Å². The van der Waals surface area contributed by atoms with Crippen molar-refractivity contribution in [1.29, 1.82) is 0 Å².